The lowest BCUT2D eigenvalue weighted by Gasteiger charge is -2.10. The van der Waals surface area contributed by atoms with Crippen LogP contribution in [0.5, 0.6) is 5.75 Å². The summed E-state index contributed by atoms with van der Waals surface area (Å²) in [6.45, 7) is 8.17. The van der Waals surface area contributed by atoms with Crippen LogP contribution in [0.15, 0.2) is 42.5 Å². The third-order valence-corrected chi connectivity index (χ3v) is 5.45. The van der Waals surface area contributed by atoms with Gasteiger partial charge in [0.1, 0.15) is 16.7 Å². The summed E-state index contributed by atoms with van der Waals surface area (Å²) in [5.41, 5.74) is 3.79. The minimum atomic E-state index is -0.287. The van der Waals surface area contributed by atoms with Gasteiger partial charge in [-0.1, -0.05) is 17.7 Å². The average molecular weight is 425 g/mol. The van der Waals surface area contributed by atoms with E-state index in [1.165, 1.54) is 6.07 Å². The van der Waals surface area contributed by atoms with Crippen molar-refractivity contribution in [3.05, 3.63) is 70.4 Å². The number of halogens is 2. The predicted molar refractivity (Wildman–Crippen MR) is 119 cm³/mol. The molecule has 0 amide bonds. The highest BCUT2D eigenvalue weighted by Crippen LogP contribution is 2.38. The largest absolute Gasteiger partial charge is 0.494 e. The van der Waals surface area contributed by atoms with Crippen molar-refractivity contribution < 1.29 is 9.13 Å². The Morgan fingerprint density at radius 2 is 1.77 bits per heavy atom. The van der Waals surface area contributed by atoms with Crippen LogP contribution < -0.4 is 10.1 Å². The Labute approximate surface area is 179 Å². The standard InChI is InChI=1S/C23H22ClFN4O/c1-5-30-18-10-8-17(9-11-18)29-15(4)20-14(3)27-28-23(21(20)22(29)24)26-16-7-6-13(2)19(25)12-16/h6-12H,5H2,1-4H3,(H,26,28). The molecule has 0 radical (unpaired) electrons. The van der Waals surface area contributed by atoms with Crippen molar-refractivity contribution in [1.82, 2.24) is 14.8 Å². The Balaban J connectivity index is 1.85. The average Bonchev–Trinajstić information content (AvgIpc) is 2.99. The highest BCUT2D eigenvalue weighted by Gasteiger charge is 2.21. The molecule has 1 N–H and O–H groups in total. The highest BCUT2D eigenvalue weighted by molar-refractivity contribution is 6.36. The molecular formula is C23H22ClFN4O. The van der Waals surface area contributed by atoms with Gasteiger partial charge in [0.05, 0.1) is 17.7 Å². The quantitative estimate of drug-likeness (QED) is 0.409. The SMILES string of the molecule is CCOc1ccc(-n2c(C)c3c(C)nnc(Nc4ccc(C)c(F)c4)c3c2Cl)cc1. The zero-order valence-corrected chi connectivity index (χ0v) is 18.0. The van der Waals surface area contributed by atoms with Crippen LogP contribution in [0.2, 0.25) is 5.15 Å². The first-order valence-electron chi connectivity index (χ1n) is 9.71. The van der Waals surface area contributed by atoms with E-state index in [2.05, 4.69) is 15.5 Å². The molecule has 0 spiro atoms. The van der Waals surface area contributed by atoms with Crippen molar-refractivity contribution >= 4 is 33.9 Å². The predicted octanol–water partition coefficient (Wildman–Crippen LogP) is 6.28. The van der Waals surface area contributed by atoms with Gasteiger partial charge in [0, 0.05) is 22.5 Å². The molecular weight excluding hydrogens is 403 g/mol. The Bertz CT molecular complexity index is 1230. The molecule has 0 saturated heterocycles. The van der Waals surface area contributed by atoms with E-state index in [1.807, 2.05) is 49.6 Å². The van der Waals surface area contributed by atoms with Crippen molar-refractivity contribution in [2.24, 2.45) is 0 Å². The van der Waals surface area contributed by atoms with Crippen LogP contribution in [0.4, 0.5) is 15.9 Å². The summed E-state index contributed by atoms with van der Waals surface area (Å²) in [5.74, 6) is 0.997. The molecule has 0 aliphatic carbocycles. The molecule has 7 heteroatoms. The van der Waals surface area contributed by atoms with E-state index in [0.29, 0.717) is 28.8 Å². The number of rotatable bonds is 5. The van der Waals surface area contributed by atoms with Gasteiger partial charge in [-0.05, 0) is 69.7 Å². The van der Waals surface area contributed by atoms with E-state index in [0.717, 1.165) is 33.6 Å². The number of ether oxygens (including phenoxy) is 1. The maximum Gasteiger partial charge on any atom is 0.164 e. The van der Waals surface area contributed by atoms with Gasteiger partial charge in [-0.2, -0.15) is 5.10 Å². The van der Waals surface area contributed by atoms with Gasteiger partial charge in [-0.15, -0.1) is 5.10 Å². The number of anilines is 2. The van der Waals surface area contributed by atoms with Gasteiger partial charge < -0.3 is 14.6 Å². The minimum Gasteiger partial charge on any atom is -0.494 e. The van der Waals surface area contributed by atoms with E-state index in [9.17, 15) is 4.39 Å². The van der Waals surface area contributed by atoms with Crippen LogP contribution in [-0.2, 0) is 0 Å². The summed E-state index contributed by atoms with van der Waals surface area (Å²) in [6.07, 6.45) is 0. The Morgan fingerprint density at radius 3 is 2.43 bits per heavy atom. The fraction of sp³-hybridized carbons (Fsp3) is 0.217. The molecule has 30 heavy (non-hydrogen) atoms. The first-order chi connectivity index (χ1) is 14.4. The van der Waals surface area contributed by atoms with Crippen molar-refractivity contribution in [3.8, 4) is 11.4 Å². The summed E-state index contributed by atoms with van der Waals surface area (Å²) in [4.78, 5) is 0. The van der Waals surface area contributed by atoms with Crippen molar-refractivity contribution in [2.45, 2.75) is 27.7 Å². The van der Waals surface area contributed by atoms with Crippen LogP contribution in [0.1, 0.15) is 23.9 Å². The van der Waals surface area contributed by atoms with Gasteiger partial charge in [-0.25, -0.2) is 4.39 Å². The first kappa shape index (κ1) is 20.2. The number of benzene rings is 2. The van der Waals surface area contributed by atoms with E-state index in [1.54, 1.807) is 19.1 Å². The number of aryl methyl sites for hydroxylation is 3. The Morgan fingerprint density at radius 1 is 1.03 bits per heavy atom. The Kier molecular flexibility index (Phi) is 5.35. The molecule has 4 aromatic rings. The summed E-state index contributed by atoms with van der Waals surface area (Å²) in [5, 5.41) is 13.9. The van der Waals surface area contributed by atoms with Crippen LogP contribution in [0.3, 0.4) is 0 Å². The molecule has 2 aromatic carbocycles. The van der Waals surface area contributed by atoms with E-state index >= 15 is 0 Å². The molecule has 4 rings (SSSR count). The highest BCUT2D eigenvalue weighted by atomic mass is 35.5. The van der Waals surface area contributed by atoms with Gasteiger partial charge in [0.15, 0.2) is 5.82 Å². The van der Waals surface area contributed by atoms with Gasteiger partial charge in [0.25, 0.3) is 0 Å². The normalized spacial score (nSPS) is 11.1. The van der Waals surface area contributed by atoms with Gasteiger partial charge in [-0.3, -0.25) is 0 Å². The number of aromatic nitrogens is 3. The zero-order chi connectivity index (χ0) is 21.4. The molecule has 2 aromatic heterocycles. The third kappa shape index (κ3) is 3.48. The number of nitrogens with zero attached hydrogens (tertiary/aromatic N) is 3. The first-order valence-corrected chi connectivity index (χ1v) is 10.1. The second kappa shape index (κ2) is 7.95. The number of hydrogen-bond donors (Lipinski definition) is 1. The third-order valence-electron chi connectivity index (χ3n) is 5.09. The lowest BCUT2D eigenvalue weighted by Crippen LogP contribution is -1.99. The number of nitrogens with one attached hydrogen (secondary N) is 1. The molecule has 2 heterocycles. The van der Waals surface area contributed by atoms with E-state index < -0.39 is 0 Å². The van der Waals surface area contributed by atoms with Crippen LogP contribution >= 0.6 is 11.6 Å². The van der Waals surface area contributed by atoms with Crippen LogP contribution in [0, 0.1) is 26.6 Å². The second-order valence-electron chi connectivity index (χ2n) is 7.11. The maximum atomic E-state index is 14.0. The lowest BCUT2D eigenvalue weighted by atomic mass is 10.2. The summed E-state index contributed by atoms with van der Waals surface area (Å²) in [7, 11) is 0. The minimum absolute atomic E-state index is 0.287. The lowest BCUT2D eigenvalue weighted by molar-refractivity contribution is 0.340. The van der Waals surface area contributed by atoms with Crippen molar-refractivity contribution in [2.75, 3.05) is 11.9 Å². The maximum absolute atomic E-state index is 14.0. The van der Waals surface area contributed by atoms with Crippen LogP contribution in [0.25, 0.3) is 16.5 Å². The molecule has 0 aliphatic rings. The zero-order valence-electron chi connectivity index (χ0n) is 17.3. The van der Waals surface area contributed by atoms with Gasteiger partial charge >= 0.3 is 0 Å². The monoisotopic (exact) mass is 424 g/mol. The van der Waals surface area contributed by atoms with Crippen molar-refractivity contribution in [1.29, 1.82) is 0 Å². The smallest absolute Gasteiger partial charge is 0.164 e. The number of fused-ring (bicyclic) bond motifs is 1. The van der Waals surface area contributed by atoms with E-state index in [-0.39, 0.29) is 5.82 Å². The molecule has 5 nitrogen and oxygen atoms in total. The van der Waals surface area contributed by atoms with Gasteiger partial charge in [0.2, 0.25) is 0 Å². The van der Waals surface area contributed by atoms with Crippen LogP contribution in [-0.4, -0.2) is 21.4 Å². The Hall–Kier alpha value is -3.12. The summed E-state index contributed by atoms with van der Waals surface area (Å²) >= 11 is 6.85. The summed E-state index contributed by atoms with van der Waals surface area (Å²) in [6, 6.07) is 12.7. The topological polar surface area (TPSA) is 52.0 Å². The number of hydrogen-bond acceptors (Lipinski definition) is 4. The molecule has 0 atom stereocenters. The fourth-order valence-corrected chi connectivity index (χ4v) is 4.01. The molecule has 0 unspecified atom stereocenters. The molecule has 0 fully saturated rings. The molecule has 154 valence electrons. The molecule has 0 saturated carbocycles. The molecule has 0 aliphatic heterocycles. The van der Waals surface area contributed by atoms with E-state index in [4.69, 9.17) is 16.3 Å². The molecule has 0 bridgehead atoms. The fourth-order valence-electron chi connectivity index (χ4n) is 3.60. The van der Waals surface area contributed by atoms with Crippen molar-refractivity contribution in [3.63, 3.8) is 0 Å². The summed E-state index contributed by atoms with van der Waals surface area (Å²) < 4.78 is 21.5. The second-order valence-corrected chi connectivity index (χ2v) is 7.47.